The van der Waals surface area contributed by atoms with Crippen LogP contribution in [0.2, 0.25) is 0 Å². The predicted octanol–water partition coefficient (Wildman–Crippen LogP) is 3.90. The van der Waals surface area contributed by atoms with Crippen LogP contribution in [0.3, 0.4) is 0 Å². The van der Waals surface area contributed by atoms with Crippen molar-refractivity contribution in [2.45, 2.75) is 13.1 Å². The first-order valence-corrected chi connectivity index (χ1v) is 10.1. The van der Waals surface area contributed by atoms with E-state index in [9.17, 15) is 0 Å². The second-order valence-electron chi connectivity index (χ2n) is 7.09. The number of nitrogens with one attached hydrogen (secondary N) is 1. The molecule has 1 aromatic heterocycles. The SMILES string of the molecule is COc1cc(CNCc2ccc3c(c2)OCO3)ccc1Oc1nnnn1-c1ccccc1.Cl. The molecule has 170 valence electrons. The highest BCUT2D eigenvalue weighted by molar-refractivity contribution is 5.85. The van der Waals surface area contributed by atoms with Crippen molar-refractivity contribution in [1.29, 1.82) is 0 Å². The number of nitrogens with zero attached hydrogens (tertiary/aromatic N) is 4. The quantitative estimate of drug-likeness (QED) is 0.417. The van der Waals surface area contributed by atoms with E-state index in [1.54, 1.807) is 7.11 Å². The first kappa shape index (κ1) is 22.4. The first-order valence-electron chi connectivity index (χ1n) is 10.1. The van der Waals surface area contributed by atoms with Crippen LogP contribution in [0, 0.1) is 0 Å². The Hall–Kier alpha value is -3.82. The molecule has 1 aliphatic rings. The number of fused-ring (bicyclic) bond motifs is 1. The molecular formula is C23H22ClN5O4. The van der Waals surface area contributed by atoms with Gasteiger partial charge in [-0.25, -0.2) is 0 Å². The second-order valence-corrected chi connectivity index (χ2v) is 7.09. The highest BCUT2D eigenvalue weighted by atomic mass is 35.5. The average molecular weight is 468 g/mol. The van der Waals surface area contributed by atoms with Crippen molar-refractivity contribution in [1.82, 2.24) is 25.5 Å². The number of tetrazole rings is 1. The molecule has 9 nitrogen and oxygen atoms in total. The van der Waals surface area contributed by atoms with Crippen LogP contribution >= 0.6 is 12.4 Å². The summed E-state index contributed by atoms with van der Waals surface area (Å²) in [5, 5.41) is 15.2. The van der Waals surface area contributed by atoms with Gasteiger partial charge in [0.05, 0.1) is 12.8 Å². The average Bonchev–Trinajstić information content (AvgIpc) is 3.49. The van der Waals surface area contributed by atoms with Crippen molar-refractivity contribution in [2.75, 3.05) is 13.9 Å². The van der Waals surface area contributed by atoms with E-state index in [4.69, 9.17) is 18.9 Å². The van der Waals surface area contributed by atoms with E-state index in [-0.39, 0.29) is 25.2 Å². The lowest BCUT2D eigenvalue weighted by molar-refractivity contribution is 0.174. The van der Waals surface area contributed by atoms with Gasteiger partial charge in [-0.15, -0.1) is 12.4 Å². The summed E-state index contributed by atoms with van der Waals surface area (Å²) in [6.07, 6.45) is 0. The molecule has 0 fully saturated rings. The summed E-state index contributed by atoms with van der Waals surface area (Å²) in [6.45, 7) is 1.63. The van der Waals surface area contributed by atoms with E-state index in [1.807, 2.05) is 66.7 Å². The number of halogens is 1. The number of ether oxygens (including phenoxy) is 4. The smallest absolute Gasteiger partial charge is 0.346 e. The van der Waals surface area contributed by atoms with Crippen molar-refractivity contribution in [3.8, 4) is 34.7 Å². The molecule has 2 heterocycles. The zero-order valence-corrected chi connectivity index (χ0v) is 18.6. The summed E-state index contributed by atoms with van der Waals surface area (Å²) in [6, 6.07) is 21.5. The topological polar surface area (TPSA) is 92.6 Å². The number of benzene rings is 3. The van der Waals surface area contributed by atoms with Gasteiger partial charge in [0.2, 0.25) is 6.79 Å². The molecule has 0 aliphatic carbocycles. The Morgan fingerprint density at radius 3 is 2.48 bits per heavy atom. The first-order chi connectivity index (χ1) is 15.8. The van der Waals surface area contributed by atoms with Crippen molar-refractivity contribution >= 4 is 12.4 Å². The van der Waals surface area contributed by atoms with Gasteiger partial charge in [-0.05, 0) is 58.0 Å². The minimum atomic E-state index is 0. The molecule has 0 unspecified atom stereocenters. The number of methoxy groups -OCH3 is 1. The normalized spacial score (nSPS) is 11.7. The van der Waals surface area contributed by atoms with E-state index >= 15 is 0 Å². The summed E-state index contributed by atoms with van der Waals surface area (Å²) in [7, 11) is 1.60. The summed E-state index contributed by atoms with van der Waals surface area (Å²) in [5.41, 5.74) is 2.97. The maximum atomic E-state index is 5.95. The third-order valence-electron chi connectivity index (χ3n) is 4.97. The van der Waals surface area contributed by atoms with Crippen molar-refractivity contribution < 1.29 is 18.9 Å². The molecule has 0 saturated carbocycles. The molecule has 0 radical (unpaired) electrons. The van der Waals surface area contributed by atoms with Crippen LogP contribution in [-0.4, -0.2) is 34.1 Å². The monoisotopic (exact) mass is 467 g/mol. The van der Waals surface area contributed by atoms with Crippen LogP contribution in [0.5, 0.6) is 29.0 Å². The van der Waals surface area contributed by atoms with Crippen LogP contribution in [0.25, 0.3) is 5.69 Å². The third-order valence-corrected chi connectivity index (χ3v) is 4.97. The fourth-order valence-corrected chi connectivity index (χ4v) is 3.38. The summed E-state index contributed by atoms with van der Waals surface area (Å²) >= 11 is 0. The lowest BCUT2D eigenvalue weighted by Crippen LogP contribution is -2.12. The molecule has 0 saturated heterocycles. The molecule has 1 N–H and O–H groups in total. The Bertz CT molecular complexity index is 1220. The summed E-state index contributed by atoms with van der Waals surface area (Å²) < 4.78 is 23.8. The molecule has 0 atom stereocenters. The van der Waals surface area contributed by atoms with Crippen LogP contribution in [0.4, 0.5) is 0 Å². The van der Waals surface area contributed by atoms with E-state index in [2.05, 4.69) is 20.8 Å². The molecule has 33 heavy (non-hydrogen) atoms. The van der Waals surface area contributed by atoms with E-state index in [0.29, 0.717) is 24.6 Å². The fourth-order valence-electron chi connectivity index (χ4n) is 3.38. The number of hydrogen-bond acceptors (Lipinski definition) is 8. The molecule has 3 aromatic carbocycles. The lowest BCUT2D eigenvalue weighted by atomic mass is 10.1. The van der Waals surface area contributed by atoms with Gasteiger partial charge in [-0.2, -0.15) is 4.68 Å². The Morgan fingerprint density at radius 1 is 0.909 bits per heavy atom. The molecule has 5 rings (SSSR count). The van der Waals surface area contributed by atoms with E-state index < -0.39 is 0 Å². The van der Waals surface area contributed by atoms with E-state index in [1.165, 1.54) is 4.68 Å². The van der Waals surface area contributed by atoms with Gasteiger partial charge in [0, 0.05) is 13.1 Å². The number of rotatable bonds is 8. The Morgan fingerprint density at radius 2 is 1.67 bits per heavy atom. The number of aromatic nitrogens is 4. The minimum absolute atomic E-state index is 0. The molecule has 0 spiro atoms. The maximum absolute atomic E-state index is 5.95. The maximum Gasteiger partial charge on any atom is 0.346 e. The number of hydrogen-bond donors (Lipinski definition) is 1. The van der Waals surface area contributed by atoms with Gasteiger partial charge < -0.3 is 24.3 Å². The van der Waals surface area contributed by atoms with Crippen LogP contribution < -0.4 is 24.3 Å². The summed E-state index contributed by atoms with van der Waals surface area (Å²) in [4.78, 5) is 0. The minimum Gasteiger partial charge on any atom is -0.493 e. The molecule has 10 heteroatoms. The zero-order chi connectivity index (χ0) is 21.8. The van der Waals surface area contributed by atoms with Crippen LogP contribution in [0.15, 0.2) is 66.7 Å². The Balaban J connectivity index is 0.00000259. The van der Waals surface area contributed by atoms with Gasteiger partial charge >= 0.3 is 6.01 Å². The van der Waals surface area contributed by atoms with Gasteiger partial charge in [0.15, 0.2) is 23.0 Å². The molecule has 0 amide bonds. The van der Waals surface area contributed by atoms with Crippen molar-refractivity contribution in [3.63, 3.8) is 0 Å². The van der Waals surface area contributed by atoms with Gasteiger partial charge in [-0.1, -0.05) is 35.4 Å². The highest BCUT2D eigenvalue weighted by Crippen LogP contribution is 2.33. The van der Waals surface area contributed by atoms with Gasteiger partial charge in [0.1, 0.15) is 0 Å². The fraction of sp³-hybridized carbons (Fsp3) is 0.174. The summed E-state index contributed by atoms with van der Waals surface area (Å²) in [5.74, 6) is 2.69. The lowest BCUT2D eigenvalue weighted by Gasteiger charge is -2.12. The van der Waals surface area contributed by atoms with Crippen molar-refractivity contribution in [2.24, 2.45) is 0 Å². The highest BCUT2D eigenvalue weighted by Gasteiger charge is 2.15. The van der Waals surface area contributed by atoms with Crippen LogP contribution in [0.1, 0.15) is 11.1 Å². The second kappa shape index (κ2) is 10.2. The molecular weight excluding hydrogens is 446 g/mol. The molecule has 0 bridgehead atoms. The largest absolute Gasteiger partial charge is 0.493 e. The van der Waals surface area contributed by atoms with Crippen LogP contribution in [-0.2, 0) is 13.1 Å². The van der Waals surface area contributed by atoms with Gasteiger partial charge in [0.25, 0.3) is 0 Å². The predicted molar refractivity (Wildman–Crippen MR) is 123 cm³/mol. The standard InChI is InChI=1S/C23H21N5O4.ClH/c1-29-21-11-16(13-24-14-17-7-9-19-22(12-17)31-15-30-19)8-10-20(21)32-23-25-26-27-28(23)18-5-3-2-4-6-18;/h2-12,24H,13-15H2,1H3;1H. The van der Waals surface area contributed by atoms with Crippen molar-refractivity contribution in [3.05, 3.63) is 77.9 Å². The van der Waals surface area contributed by atoms with E-state index in [0.717, 1.165) is 28.3 Å². The Labute approximate surface area is 196 Å². The number of para-hydroxylation sites is 1. The third kappa shape index (κ3) is 5.00. The Kier molecular flexibility index (Phi) is 6.92. The zero-order valence-electron chi connectivity index (χ0n) is 17.8. The van der Waals surface area contributed by atoms with Gasteiger partial charge in [-0.3, -0.25) is 0 Å². The molecule has 4 aromatic rings. The molecule has 1 aliphatic heterocycles.